The summed E-state index contributed by atoms with van der Waals surface area (Å²) in [4.78, 5) is 54.3. The van der Waals surface area contributed by atoms with Crippen LogP contribution in [0.3, 0.4) is 0 Å². The van der Waals surface area contributed by atoms with Gasteiger partial charge in [0, 0.05) is 86.9 Å². The van der Waals surface area contributed by atoms with Crippen LogP contribution in [-0.4, -0.2) is 117 Å². The fourth-order valence-corrected chi connectivity index (χ4v) is 11.2. The Kier molecular flexibility index (Phi) is 10.5. The van der Waals surface area contributed by atoms with Crippen molar-refractivity contribution in [3.63, 3.8) is 0 Å². The average Bonchev–Trinajstić information content (AvgIpc) is 4.18. The van der Waals surface area contributed by atoms with Crippen molar-refractivity contribution in [1.82, 2.24) is 39.5 Å². The number of hydrogen-bond donors (Lipinski definition) is 2. The molecule has 0 saturated carbocycles. The molecule has 0 spiro atoms. The molecule has 4 aromatic carbocycles. The Morgan fingerprint density at radius 3 is 1.45 bits per heavy atom. The van der Waals surface area contributed by atoms with Gasteiger partial charge in [0.05, 0.1) is 48.1 Å². The van der Waals surface area contributed by atoms with Gasteiger partial charge in [0.1, 0.15) is 48.4 Å². The van der Waals surface area contributed by atoms with Crippen molar-refractivity contribution in [2.75, 3.05) is 53.5 Å². The summed E-state index contributed by atoms with van der Waals surface area (Å²) in [5.41, 5.74) is 9.89. The summed E-state index contributed by atoms with van der Waals surface area (Å²) >= 11 is 0. The third kappa shape index (κ3) is 7.09. The van der Waals surface area contributed by atoms with E-state index in [4.69, 9.17) is 28.9 Å². The molecule has 0 bridgehead atoms. The average molecular weight is 887 g/mol. The fourth-order valence-electron chi connectivity index (χ4n) is 11.2. The third-order valence-electron chi connectivity index (χ3n) is 14.7. The number of likely N-dealkylation sites (tertiary alicyclic amines) is 4. The lowest BCUT2D eigenvalue weighted by molar-refractivity contribution is -0.145. The van der Waals surface area contributed by atoms with Crippen molar-refractivity contribution < 1.29 is 28.5 Å². The van der Waals surface area contributed by atoms with Gasteiger partial charge in [-0.1, -0.05) is 60.7 Å². The van der Waals surface area contributed by atoms with E-state index in [2.05, 4.69) is 44.0 Å². The van der Waals surface area contributed by atoms with Gasteiger partial charge in [-0.05, 0) is 61.1 Å². The number of hydrogen-bond acceptors (Lipinski definition) is 10. The van der Waals surface area contributed by atoms with Crippen LogP contribution in [0.2, 0.25) is 0 Å². The largest absolute Gasteiger partial charge is 0.488 e. The Labute approximate surface area is 383 Å². The number of methoxy groups -OCH3 is 2. The fraction of sp³-hybridized carbons (Fsp3) is 0.385. The van der Waals surface area contributed by atoms with Gasteiger partial charge in [-0.25, -0.2) is 9.97 Å². The summed E-state index contributed by atoms with van der Waals surface area (Å²) in [6.45, 7) is 5.07. The zero-order valence-electron chi connectivity index (χ0n) is 37.3. The summed E-state index contributed by atoms with van der Waals surface area (Å²) in [5.74, 6) is 3.43. The number of carbonyl (C=O) groups is 2. The highest BCUT2D eigenvalue weighted by atomic mass is 16.5. The molecular formula is C52H54N8O6. The van der Waals surface area contributed by atoms with Gasteiger partial charge < -0.3 is 38.7 Å². The predicted molar refractivity (Wildman–Crippen MR) is 246 cm³/mol. The maximum atomic E-state index is 14.4. The molecule has 2 amide bonds. The Bertz CT molecular complexity index is 2540. The van der Waals surface area contributed by atoms with Crippen molar-refractivity contribution in [2.45, 2.75) is 75.3 Å². The molecule has 0 radical (unpaired) electrons. The number of aromatic amines is 2. The molecule has 8 heterocycles. The molecule has 66 heavy (non-hydrogen) atoms. The van der Waals surface area contributed by atoms with Gasteiger partial charge in [-0.2, -0.15) is 0 Å². The number of amides is 2. The molecule has 4 atom stereocenters. The van der Waals surface area contributed by atoms with E-state index >= 15 is 0 Å². The molecule has 0 aliphatic carbocycles. The lowest BCUT2D eigenvalue weighted by Gasteiger charge is -2.44. The lowest BCUT2D eigenvalue weighted by atomic mass is 9.87. The van der Waals surface area contributed by atoms with Gasteiger partial charge in [0.2, 0.25) is 11.8 Å². The predicted octanol–water partition coefficient (Wildman–Crippen LogP) is 7.39. The molecule has 4 saturated heterocycles. The first-order valence-electron chi connectivity index (χ1n) is 23.4. The van der Waals surface area contributed by atoms with Crippen molar-refractivity contribution in [3.8, 4) is 45.1 Å². The highest BCUT2D eigenvalue weighted by Gasteiger charge is 2.44. The summed E-state index contributed by atoms with van der Waals surface area (Å²) < 4.78 is 24.2. The van der Waals surface area contributed by atoms with Crippen LogP contribution in [0.1, 0.15) is 83.8 Å². The molecule has 6 aliphatic rings. The van der Waals surface area contributed by atoms with Crippen molar-refractivity contribution in [3.05, 3.63) is 131 Å². The minimum Gasteiger partial charge on any atom is -0.488 e. The van der Waals surface area contributed by atoms with E-state index in [1.807, 2.05) is 82.9 Å². The van der Waals surface area contributed by atoms with Gasteiger partial charge in [0.25, 0.3) is 0 Å². The Morgan fingerprint density at radius 1 is 0.621 bits per heavy atom. The number of aromatic nitrogens is 4. The maximum absolute atomic E-state index is 14.4. The van der Waals surface area contributed by atoms with Gasteiger partial charge >= 0.3 is 0 Å². The first-order chi connectivity index (χ1) is 32.4. The number of imidazole rings is 2. The second-order valence-electron chi connectivity index (χ2n) is 18.6. The smallest absolute Gasteiger partial charge is 0.245 e. The third-order valence-corrected chi connectivity index (χ3v) is 14.7. The van der Waals surface area contributed by atoms with E-state index in [9.17, 15) is 9.59 Å². The molecule has 6 aliphatic heterocycles. The molecule has 4 fully saturated rings. The number of carbonyl (C=O) groups excluding carboxylic acids is 2. The summed E-state index contributed by atoms with van der Waals surface area (Å²) in [5, 5.41) is 0. The molecule has 12 rings (SSSR count). The normalized spacial score (nSPS) is 21.4. The Balaban J connectivity index is 0.775. The summed E-state index contributed by atoms with van der Waals surface area (Å²) in [7, 11) is 3.47. The Hall–Kier alpha value is -6.32. The molecule has 2 N–H and O–H groups in total. The molecule has 6 aromatic rings. The van der Waals surface area contributed by atoms with Crippen LogP contribution in [0.15, 0.2) is 97.3 Å². The highest BCUT2D eigenvalue weighted by Crippen LogP contribution is 2.51. The minimum absolute atomic E-state index is 0.106. The van der Waals surface area contributed by atoms with Crippen LogP contribution < -0.4 is 9.47 Å². The quantitative estimate of drug-likeness (QED) is 0.128. The van der Waals surface area contributed by atoms with Gasteiger partial charge in [-0.3, -0.25) is 19.4 Å². The topological polar surface area (TPSA) is 141 Å². The van der Waals surface area contributed by atoms with Crippen LogP contribution in [0.25, 0.3) is 33.6 Å². The zero-order chi connectivity index (χ0) is 44.5. The summed E-state index contributed by atoms with van der Waals surface area (Å²) in [6, 6.07) is 27.7. The number of rotatable bonds is 12. The second kappa shape index (κ2) is 16.8. The minimum atomic E-state index is -0.363. The molecule has 14 heteroatoms. The number of H-pyrrole nitrogens is 2. The van der Waals surface area contributed by atoms with Crippen molar-refractivity contribution >= 4 is 11.8 Å². The SMILES string of the molecule is COC1CN(C(C(=O)N2CCC[C@H]2c2ncc(-c3cc4c5c(c3)OCc3cc(-c6cnc([C@@H]7CCCN7C(=O)[C@H](c7ccccc7)N7CC(OC)C7)[nH]6)cc(c3-5)OC4)[nH]2)c2ccccc2)C1. The molecule has 1 unspecified atom stereocenters. The number of benzene rings is 4. The maximum Gasteiger partial charge on any atom is 0.245 e. The monoisotopic (exact) mass is 886 g/mol. The van der Waals surface area contributed by atoms with Crippen LogP contribution >= 0.6 is 0 Å². The zero-order valence-corrected chi connectivity index (χ0v) is 37.3. The van der Waals surface area contributed by atoms with Crippen LogP contribution in [0, 0.1) is 0 Å². The van der Waals surface area contributed by atoms with Crippen LogP contribution in [0.4, 0.5) is 0 Å². The van der Waals surface area contributed by atoms with Crippen molar-refractivity contribution in [1.29, 1.82) is 0 Å². The van der Waals surface area contributed by atoms with Gasteiger partial charge in [-0.15, -0.1) is 0 Å². The van der Waals surface area contributed by atoms with Gasteiger partial charge in [0.15, 0.2) is 0 Å². The summed E-state index contributed by atoms with van der Waals surface area (Å²) in [6.07, 6.45) is 7.56. The first kappa shape index (κ1) is 41.1. The number of nitrogens with one attached hydrogen (secondary N) is 2. The Morgan fingerprint density at radius 2 is 1.05 bits per heavy atom. The molecule has 2 aromatic heterocycles. The van der Waals surface area contributed by atoms with Crippen LogP contribution in [0.5, 0.6) is 11.5 Å². The van der Waals surface area contributed by atoms with E-state index < -0.39 is 0 Å². The first-order valence-corrected chi connectivity index (χ1v) is 23.4. The van der Waals surface area contributed by atoms with E-state index in [-0.39, 0.29) is 48.2 Å². The number of ether oxygens (including phenoxy) is 4. The van der Waals surface area contributed by atoms with Crippen LogP contribution in [-0.2, 0) is 32.3 Å². The highest BCUT2D eigenvalue weighted by molar-refractivity contribution is 5.89. The lowest BCUT2D eigenvalue weighted by Crippen LogP contribution is -2.56. The molecule has 338 valence electrons. The van der Waals surface area contributed by atoms with E-state index in [1.54, 1.807) is 14.2 Å². The standard InChI is InChI=1S/C52H54N8O6/c1-63-37-25-57(26-37)47(31-11-5-3-6-12-31)51(61)59-17-9-15-41(59)49-53-23-39(55-49)33-19-35-29-66-44-22-34(20-36-30-65-43(21-33)45(35)46(36)44)40-24-54-50(56-40)42-16-10-18-60(42)52(62)48(32-13-7-4-8-14-32)58-27-38(28-58)64-2/h3-8,11-14,19-24,37-38,41-42,47-48H,9-10,15-18,25-30H2,1-2H3,(H,53,55)(H,54,56)/t41-,42-,47-,48?/m0/s1. The van der Waals surface area contributed by atoms with E-state index in [1.165, 1.54) is 0 Å². The van der Waals surface area contributed by atoms with E-state index in [0.717, 1.165) is 131 Å². The van der Waals surface area contributed by atoms with E-state index in [0.29, 0.717) is 26.3 Å². The molecule has 14 nitrogen and oxygen atoms in total. The molecular weight excluding hydrogens is 833 g/mol. The number of nitrogens with zero attached hydrogens (tertiary/aromatic N) is 6. The van der Waals surface area contributed by atoms with Crippen molar-refractivity contribution in [2.24, 2.45) is 0 Å². The second-order valence-corrected chi connectivity index (χ2v) is 18.6.